The summed E-state index contributed by atoms with van der Waals surface area (Å²) >= 11 is 0. The number of amides is 1. The molecule has 5 aromatic rings. The van der Waals surface area contributed by atoms with Crippen LogP contribution in [0, 0.1) is 0 Å². The molecule has 0 aliphatic carbocycles. The van der Waals surface area contributed by atoms with Gasteiger partial charge in [-0.25, -0.2) is 4.98 Å². The fourth-order valence-corrected chi connectivity index (χ4v) is 7.53. The Morgan fingerprint density at radius 1 is 0.846 bits per heavy atom. The zero-order chi connectivity index (χ0) is 36.5. The number of pyridine rings is 1. The van der Waals surface area contributed by atoms with Crippen LogP contribution in [0.25, 0.3) is 33.4 Å². The fourth-order valence-electron chi connectivity index (χ4n) is 7.53. The number of hydrogen-bond donors (Lipinski definition) is 2. The molecule has 0 bridgehead atoms. The minimum absolute atomic E-state index is 0.0675. The van der Waals surface area contributed by atoms with Crippen molar-refractivity contribution < 1.29 is 31.1 Å². The molecule has 4 heterocycles. The molecule has 0 spiro atoms. The summed E-state index contributed by atoms with van der Waals surface area (Å²) in [5.74, 6) is -1.01. The van der Waals surface area contributed by atoms with Crippen LogP contribution >= 0.6 is 0 Å². The first kappa shape index (κ1) is 35.6. The Morgan fingerprint density at radius 2 is 1.60 bits per heavy atom. The summed E-state index contributed by atoms with van der Waals surface area (Å²) in [5, 5.41) is 9.41. The second kappa shape index (κ2) is 14.7. The number of likely N-dealkylation sites (tertiary alicyclic amines) is 2. The molecular formula is C39H38F6N6O. The fraction of sp³-hybridized carbons (Fsp3) is 0.359. The monoisotopic (exact) mass is 720 g/mol. The highest BCUT2D eigenvalue weighted by molar-refractivity contribution is 6.10. The molecule has 52 heavy (non-hydrogen) atoms. The van der Waals surface area contributed by atoms with E-state index in [1.807, 2.05) is 0 Å². The van der Waals surface area contributed by atoms with Gasteiger partial charge in [0, 0.05) is 40.9 Å². The van der Waals surface area contributed by atoms with E-state index in [-0.39, 0.29) is 45.4 Å². The third-order valence-electron chi connectivity index (χ3n) is 10.2. The quantitative estimate of drug-likeness (QED) is 0.157. The molecule has 2 aromatic heterocycles. The van der Waals surface area contributed by atoms with Crippen LogP contribution in [0.2, 0.25) is 0 Å². The average molecular weight is 721 g/mol. The van der Waals surface area contributed by atoms with Crippen LogP contribution in [-0.4, -0.2) is 69.3 Å². The SMILES string of the molecule is O=C(NC(c1ccccc1)C(F)(F)F)c1c(CN2CCC(N3CCCCC3)CC2)c(-c2cccc(C(F)(F)F)c2)nc2ccc(-c3ccn[nH]3)cc12. The number of nitrogens with zero attached hydrogens (tertiary/aromatic N) is 4. The van der Waals surface area contributed by atoms with Gasteiger partial charge in [0.15, 0.2) is 6.04 Å². The van der Waals surface area contributed by atoms with Crippen molar-refractivity contribution in [3.05, 3.63) is 107 Å². The number of halogens is 6. The summed E-state index contributed by atoms with van der Waals surface area (Å²) in [6, 6.07) is 16.5. The highest BCUT2D eigenvalue weighted by Crippen LogP contribution is 2.39. The lowest BCUT2D eigenvalue weighted by Gasteiger charge is -2.40. The zero-order valence-electron chi connectivity index (χ0n) is 28.3. The van der Waals surface area contributed by atoms with Gasteiger partial charge in [0.1, 0.15) is 0 Å². The lowest BCUT2D eigenvalue weighted by atomic mass is 9.92. The van der Waals surface area contributed by atoms with E-state index in [4.69, 9.17) is 4.98 Å². The number of aromatic nitrogens is 3. The maximum Gasteiger partial charge on any atom is 0.416 e. The molecule has 3 aromatic carbocycles. The van der Waals surface area contributed by atoms with Gasteiger partial charge in [-0.05, 0) is 87.8 Å². The summed E-state index contributed by atoms with van der Waals surface area (Å²) < 4.78 is 85.9. The molecule has 1 unspecified atom stereocenters. The number of alkyl halides is 6. The van der Waals surface area contributed by atoms with Gasteiger partial charge in [-0.1, -0.05) is 55.0 Å². The third-order valence-corrected chi connectivity index (χ3v) is 10.2. The lowest BCUT2D eigenvalue weighted by Crippen LogP contribution is -2.46. The number of carbonyl (C=O) groups excluding carboxylic acids is 1. The molecule has 7 rings (SSSR count). The van der Waals surface area contributed by atoms with Crippen molar-refractivity contribution in [2.45, 2.75) is 63.1 Å². The van der Waals surface area contributed by atoms with Crippen molar-refractivity contribution in [2.24, 2.45) is 0 Å². The zero-order valence-corrected chi connectivity index (χ0v) is 28.3. The summed E-state index contributed by atoms with van der Waals surface area (Å²) in [6.45, 7) is 3.48. The van der Waals surface area contributed by atoms with E-state index in [0.29, 0.717) is 30.4 Å². The first-order valence-electron chi connectivity index (χ1n) is 17.5. The van der Waals surface area contributed by atoms with Gasteiger partial charge >= 0.3 is 12.4 Å². The summed E-state index contributed by atoms with van der Waals surface area (Å²) in [5.41, 5.74) is 0.818. The molecule has 0 radical (unpaired) electrons. The van der Waals surface area contributed by atoms with E-state index in [9.17, 15) is 31.1 Å². The number of piperidine rings is 2. The van der Waals surface area contributed by atoms with E-state index in [0.717, 1.165) is 50.9 Å². The molecule has 2 aliphatic heterocycles. The Labute approximate surface area is 297 Å². The smallest absolute Gasteiger partial charge is 0.337 e. The predicted octanol–water partition coefficient (Wildman–Crippen LogP) is 8.79. The van der Waals surface area contributed by atoms with Gasteiger partial charge in [-0.15, -0.1) is 0 Å². The van der Waals surface area contributed by atoms with Crippen LogP contribution in [0.1, 0.15) is 65.2 Å². The Hall–Kier alpha value is -4.75. The minimum atomic E-state index is -4.85. The predicted molar refractivity (Wildman–Crippen MR) is 186 cm³/mol. The Balaban J connectivity index is 1.38. The first-order chi connectivity index (χ1) is 25.0. The largest absolute Gasteiger partial charge is 0.416 e. The Bertz CT molecular complexity index is 2000. The van der Waals surface area contributed by atoms with E-state index in [1.165, 1.54) is 42.8 Å². The van der Waals surface area contributed by atoms with Crippen LogP contribution in [-0.2, 0) is 12.7 Å². The van der Waals surface area contributed by atoms with Gasteiger partial charge < -0.3 is 10.2 Å². The number of nitrogens with one attached hydrogen (secondary N) is 2. The molecule has 13 heteroatoms. The number of fused-ring (bicyclic) bond motifs is 1. The van der Waals surface area contributed by atoms with E-state index < -0.39 is 29.9 Å². The van der Waals surface area contributed by atoms with E-state index in [1.54, 1.807) is 36.5 Å². The van der Waals surface area contributed by atoms with Gasteiger partial charge in [-0.2, -0.15) is 31.4 Å². The molecule has 0 saturated carbocycles. The average Bonchev–Trinajstić information content (AvgIpc) is 3.69. The minimum Gasteiger partial charge on any atom is -0.337 e. The van der Waals surface area contributed by atoms with Gasteiger partial charge in [0.05, 0.1) is 28.0 Å². The molecule has 2 aliphatic rings. The molecule has 2 saturated heterocycles. The normalized spacial score (nSPS) is 17.3. The van der Waals surface area contributed by atoms with Crippen LogP contribution in [0.15, 0.2) is 85.1 Å². The Kier molecular flexibility index (Phi) is 10.1. The standard InChI is InChI=1S/C39H38F6N6O/c40-38(41,42)28-11-7-10-27(22-28)35-31(24-50-20-15-29(16-21-50)51-18-5-2-6-19-51)34(30-23-26(12-13-33(30)47-35)32-14-17-46-49-32)37(52)48-36(39(43,44)45)25-8-3-1-4-9-25/h1,3-4,7-14,17,22-23,29,36H,2,5-6,15-16,18-21,24H2,(H,46,49)(H,48,52). The maximum absolute atomic E-state index is 14.7. The van der Waals surface area contributed by atoms with Crippen molar-refractivity contribution in [2.75, 3.05) is 26.2 Å². The van der Waals surface area contributed by atoms with Crippen molar-refractivity contribution in [1.29, 1.82) is 0 Å². The van der Waals surface area contributed by atoms with Gasteiger partial charge in [0.25, 0.3) is 5.91 Å². The van der Waals surface area contributed by atoms with Crippen molar-refractivity contribution in [3.8, 4) is 22.5 Å². The molecule has 272 valence electrons. The molecule has 2 fully saturated rings. The van der Waals surface area contributed by atoms with Gasteiger partial charge in [-0.3, -0.25) is 14.8 Å². The molecule has 1 atom stereocenters. The number of aromatic amines is 1. The van der Waals surface area contributed by atoms with E-state index in [2.05, 4.69) is 25.3 Å². The van der Waals surface area contributed by atoms with Crippen molar-refractivity contribution in [1.82, 2.24) is 30.3 Å². The van der Waals surface area contributed by atoms with Crippen molar-refractivity contribution in [3.63, 3.8) is 0 Å². The highest BCUT2D eigenvalue weighted by Gasteiger charge is 2.43. The van der Waals surface area contributed by atoms with Crippen LogP contribution in [0.3, 0.4) is 0 Å². The highest BCUT2D eigenvalue weighted by atomic mass is 19.4. The first-order valence-corrected chi connectivity index (χ1v) is 17.5. The molecular weight excluding hydrogens is 682 g/mol. The number of hydrogen-bond acceptors (Lipinski definition) is 5. The lowest BCUT2D eigenvalue weighted by molar-refractivity contribution is -0.155. The Morgan fingerprint density at radius 3 is 2.27 bits per heavy atom. The van der Waals surface area contributed by atoms with Crippen LogP contribution in [0.5, 0.6) is 0 Å². The second-order valence-corrected chi connectivity index (χ2v) is 13.6. The molecule has 1 amide bonds. The molecule has 2 N–H and O–H groups in total. The van der Waals surface area contributed by atoms with Gasteiger partial charge in [0.2, 0.25) is 0 Å². The van der Waals surface area contributed by atoms with Crippen LogP contribution in [0.4, 0.5) is 26.3 Å². The van der Waals surface area contributed by atoms with E-state index >= 15 is 0 Å². The maximum atomic E-state index is 14.7. The third kappa shape index (κ3) is 7.70. The summed E-state index contributed by atoms with van der Waals surface area (Å²) in [6.07, 6.45) is -2.71. The second-order valence-electron chi connectivity index (χ2n) is 13.6. The number of H-pyrrole nitrogens is 1. The van der Waals surface area contributed by atoms with Crippen LogP contribution < -0.4 is 5.32 Å². The topological polar surface area (TPSA) is 77.2 Å². The summed E-state index contributed by atoms with van der Waals surface area (Å²) in [7, 11) is 0. The molecule has 7 nitrogen and oxygen atoms in total. The van der Waals surface area contributed by atoms with Crippen molar-refractivity contribution >= 4 is 16.8 Å². The number of benzene rings is 3. The number of carbonyl (C=O) groups is 1. The summed E-state index contributed by atoms with van der Waals surface area (Å²) in [4.78, 5) is 24.0. The number of rotatable bonds is 8.